The Hall–Kier alpha value is -3.75. The number of halogens is 1. The van der Waals surface area contributed by atoms with Crippen molar-refractivity contribution >= 4 is 23.4 Å². The Bertz CT molecular complexity index is 1220. The van der Waals surface area contributed by atoms with Crippen LogP contribution in [-0.2, 0) is 0 Å². The van der Waals surface area contributed by atoms with Crippen LogP contribution in [0, 0.1) is 18.2 Å². The van der Waals surface area contributed by atoms with Gasteiger partial charge in [0.05, 0.1) is 5.69 Å². The zero-order valence-corrected chi connectivity index (χ0v) is 20.2. The number of nitrogen functional groups attached to an aromatic ring is 1. The number of amidine groups is 1. The largest absolute Gasteiger partial charge is 0.384 e. The van der Waals surface area contributed by atoms with Gasteiger partial charge >= 0.3 is 0 Å². The lowest BCUT2D eigenvalue weighted by atomic mass is 10.1. The molecule has 3 N–H and O–H groups in total. The summed E-state index contributed by atoms with van der Waals surface area (Å²) in [5.41, 5.74) is 8.95. The Morgan fingerprint density at radius 1 is 1.03 bits per heavy atom. The van der Waals surface area contributed by atoms with Gasteiger partial charge in [-0.3, -0.25) is 5.41 Å². The van der Waals surface area contributed by atoms with Gasteiger partial charge in [0, 0.05) is 62.2 Å². The van der Waals surface area contributed by atoms with Crippen LogP contribution in [0.4, 0.5) is 22.0 Å². The molecule has 2 aromatic heterocycles. The molecule has 0 aliphatic carbocycles. The smallest absolute Gasteiger partial charge is 0.228 e. The predicted octanol–water partition coefficient (Wildman–Crippen LogP) is 3.59. The minimum absolute atomic E-state index is 0.0285. The third-order valence-corrected chi connectivity index (χ3v) is 6.92. The van der Waals surface area contributed by atoms with E-state index in [2.05, 4.69) is 26.6 Å². The third-order valence-electron chi connectivity index (χ3n) is 6.92. The molecule has 0 bridgehead atoms. The van der Waals surface area contributed by atoms with E-state index in [0.29, 0.717) is 11.6 Å². The molecule has 2 aliphatic heterocycles. The van der Waals surface area contributed by atoms with E-state index in [1.54, 1.807) is 18.3 Å². The van der Waals surface area contributed by atoms with Gasteiger partial charge in [0.2, 0.25) is 5.95 Å². The number of hydrogen-bond acceptors (Lipinski definition) is 7. The average Bonchev–Trinajstić information content (AvgIpc) is 3.30. The molecule has 4 heterocycles. The van der Waals surface area contributed by atoms with Crippen LogP contribution in [0.5, 0.6) is 0 Å². The van der Waals surface area contributed by atoms with Crippen LogP contribution < -0.4 is 20.4 Å². The van der Waals surface area contributed by atoms with E-state index in [4.69, 9.17) is 21.1 Å². The summed E-state index contributed by atoms with van der Waals surface area (Å²) in [6.45, 7) is 8.37. The third kappa shape index (κ3) is 4.76. The zero-order valence-electron chi connectivity index (χ0n) is 20.2. The maximum Gasteiger partial charge on any atom is 0.228 e. The Morgan fingerprint density at radius 3 is 2.37 bits per heavy atom. The van der Waals surface area contributed by atoms with Crippen LogP contribution in [0.25, 0.3) is 11.3 Å². The van der Waals surface area contributed by atoms with E-state index in [-0.39, 0.29) is 11.7 Å². The van der Waals surface area contributed by atoms with Crippen LogP contribution in [0.15, 0.2) is 42.6 Å². The molecule has 3 aromatic rings. The van der Waals surface area contributed by atoms with Gasteiger partial charge in [-0.15, -0.1) is 0 Å². The van der Waals surface area contributed by atoms with E-state index < -0.39 is 0 Å². The fourth-order valence-electron chi connectivity index (χ4n) is 4.90. The van der Waals surface area contributed by atoms with Gasteiger partial charge in [0.25, 0.3) is 0 Å². The molecule has 5 rings (SSSR count). The molecule has 0 saturated carbocycles. The normalized spacial score (nSPS) is 18.3. The maximum atomic E-state index is 13.5. The number of nitrogens with one attached hydrogen (secondary N) is 1. The molecule has 8 nitrogen and oxygen atoms in total. The van der Waals surface area contributed by atoms with Gasteiger partial charge in [0.15, 0.2) is 0 Å². The molecule has 0 amide bonds. The van der Waals surface area contributed by atoms with E-state index in [0.717, 1.165) is 80.0 Å². The minimum Gasteiger partial charge on any atom is -0.384 e. The Balaban J connectivity index is 1.40. The predicted molar refractivity (Wildman–Crippen MR) is 138 cm³/mol. The van der Waals surface area contributed by atoms with Gasteiger partial charge in [-0.1, -0.05) is 0 Å². The quantitative estimate of drug-likeness (QED) is 0.431. The van der Waals surface area contributed by atoms with E-state index >= 15 is 0 Å². The Morgan fingerprint density at radius 2 is 1.74 bits per heavy atom. The number of anilines is 3. The minimum atomic E-state index is -0.257. The highest BCUT2D eigenvalue weighted by Gasteiger charge is 2.26. The number of piperazine rings is 1. The van der Waals surface area contributed by atoms with Crippen LogP contribution in [0.2, 0.25) is 0 Å². The van der Waals surface area contributed by atoms with Crippen molar-refractivity contribution in [1.29, 1.82) is 5.41 Å². The summed E-state index contributed by atoms with van der Waals surface area (Å²) in [5, 5.41) is 7.63. The molecule has 1 aromatic carbocycles. The number of nitrogens with zero attached hydrogens (tertiary/aromatic N) is 6. The Labute approximate surface area is 205 Å². The summed E-state index contributed by atoms with van der Waals surface area (Å²) in [7, 11) is 0. The molecule has 182 valence electrons. The van der Waals surface area contributed by atoms with Crippen molar-refractivity contribution in [3.63, 3.8) is 0 Å². The van der Waals surface area contributed by atoms with Gasteiger partial charge in [0.1, 0.15) is 23.3 Å². The number of pyridine rings is 1. The SMILES string of the molecule is Cc1cc(C(=N)N)cnc1N1CCN(c2cc(-c3ccc(F)cc3)nc(N3CCCC3C)n2)CC1. The summed E-state index contributed by atoms with van der Waals surface area (Å²) >= 11 is 0. The summed E-state index contributed by atoms with van der Waals surface area (Å²) in [6.07, 6.45) is 3.93. The first-order valence-electron chi connectivity index (χ1n) is 12.1. The molecule has 1 unspecified atom stereocenters. The lowest BCUT2D eigenvalue weighted by molar-refractivity contribution is 0.628. The van der Waals surface area contributed by atoms with E-state index in [1.165, 1.54) is 12.1 Å². The highest BCUT2D eigenvalue weighted by atomic mass is 19.1. The molecular weight excluding hydrogens is 443 g/mol. The molecule has 2 saturated heterocycles. The molecule has 0 radical (unpaired) electrons. The first-order chi connectivity index (χ1) is 16.9. The topological polar surface area (TPSA) is 98.3 Å². The van der Waals surface area contributed by atoms with Crippen molar-refractivity contribution in [3.05, 3.63) is 59.5 Å². The van der Waals surface area contributed by atoms with Crippen LogP contribution in [0.3, 0.4) is 0 Å². The van der Waals surface area contributed by atoms with Crippen molar-refractivity contribution in [3.8, 4) is 11.3 Å². The second kappa shape index (κ2) is 9.48. The van der Waals surface area contributed by atoms with Gasteiger partial charge in [-0.2, -0.15) is 4.98 Å². The molecule has 2 fully saturated rings. The monoisotopic (exact) mass is 474 g/mol. The summed E-state index contributed by atoms with van der Waals surface area (Å²) in [6, 6.07) is 10.8. The molecule has 0 spiro atoms. The van der Waals surface area contributed by atoms with Crippen LogP contribution in [-0.4, -0.2) is 59.6 Å². The number of aryl methyl sites for hydroxylation is 1. The number of nitrogens with two attached hydrogens (primary N) is 1. The summed E-state index contributed by atoms with van der Waals surface area (Å²) in [4.78, 5) is 21.3. The molecule has 9 heteroatoms. The second-order valence-corrected chi connectivity index (χ2v) is 9.36. The lowest BCUT2D eigenvalue weighted by Crippen LogP contribution is -2.47. The highest BCUT2D eigenvalue weighted by molar-refractivity contribution is 5.95. The highest BCUT2D eigenvalue weighted by Crippen LogP contribution is 2.30. The molecule has 2 aliphatic rings. The number of benzene rings is 1. The van der Waals surface area contributed by atoms with Crippen LogP contribution in [0.1, 0.15) is 30.9 Å². The van der Waals surface area contributed by atoms with Crippen LogP contribution >= 0.6 is 0 Å². The first kappa shape index (κ1) is 23.0. The molecular formula is C26H31FN8. The van der Waals surface area contributed by atoms with Crippen molar-refractivity contribution in [1.82, 2.24) is 15.0 Å². The van der Waals surface area contributed by atoms with E-state index in [1.807, 2.05) is 19.1 Å². The average molecular weight is 475 g/mol. The fraction of sp³-hybridized carbons (Fsp3) is 0.385. The molecule has 1 atom stereocenters. The van der Waals surface area contributed by atoms with Crippen molar-refractivity contribution in [2.75, 3.05) is 47.4 Å². The number of rotatable bonds is 5. The van der Waals surface area contributed by atoms with Gasteiger partial charge < -0.3 is 20.4 Å². The Kier molecular flexibility index (Phi) is 6.23. The summed E-state index contributed by atoms with van der Waals surface area (Å²) < 4.78 is 13.5. The number of aromatic nitrogens is 3. The fourth-order valence-corrected chi connectivity index (χ4v) is 4.90. The number of hydrogen-bond donors (Lipinski definition) is 2. The summed E-state index contributed by atoms with van der Waals surface area (Å²) in [5.74, 6) is 2.33. The second-order valence-electron chi connectivity index (χ2n) is 9.36. The lowest BCUT2D eigenvalue weighted by Gasteiger charge is -2.37. The molecule has 35 heavy (non-hydrogen) atoms. The van der Waals surface area contributed by atoms with E-state index in [9.17, 15) is 4.39 Å². The van der Waals surface area contributed by atoms with Gasteiger partial charge in [-0.05, 0) is 62.6 Å². The maximum absolute atomic E-state index is 13.5. The van der Waals surface area contributed by atoms with Crippen molar-refractivity contribution in [2.24, 2.45) is 5.73 Å². The standard InChI is InChI=1S/C26H31FN8/c1-17-14-20(24(28)29)16-30-25(17)34-12-10-33(11-13-34)23-15-22(19-5-7-21(27)8-6-19)31-26(32-23)35-9-3-4-18(35)2/h5-8,14-16,18H,3-4,9-13H2,1-2H3,(H3,28,29). The van der Waals surface area contributed by atoms with Crippen molar-refractivity contribution < 1.29 is 4.39 Å². The zero-order chi connectivity index (χ0) is 24.5. The van der Waals surface area contributed by atoms with Crippen molar-refractivity contribution in [2.45, 2.75) is 32.7 Å². The first-order valence-corrected chi connectivity index (χ1v) is 12.1. The van der Waals surface area contributed by atoms with Gasteiger partial charge in [-0.25, -0.2) is 14.4 Å².